The topological polar surface area (TPSA) is 20.2 Å². The van der Waals surface area contributed by atoms with Gasteiger partial charge in [0.2, 0.25) is 0 Å². The van der Waals surface area contributed by atoms with E-state index >= 15 is 0 Å². The standard InChI is InChI=1S/C12H12BO/c14-12-8-6-11(7-9-12)13-10-4-2-1-3-5-10/h1-4,6-10,14H,5H2. The van der Waals surface area contributed by atoms with Crippen molar-refractivity contribution in [2.24, 2.45) is 0 Å². The SMILES string of the molecule is Oc1ccc([B]C2C=CC=CC2)cc1. The van der Waals surface area contributed by atoms with Crippen LogP contribution in [0.4, 0.5) is 0 Å². The normalized spacial score (nSPS) is 19.6. The van der Waals surface area contributed by atoms with Crippen LogP contribution in [0.1, 0.15) is 6.42 Å². The highest BCUT2D eigenvalue weighted by molar-refractivity contribution is 6.55. The third kappa shape index (κ3) is 2.29. The molecule has 0 spiro atoms. The monoisotopic (exact) mass is 183 g/mol. The molecule has 0 fully saturated rings. The number of allylic oxidation sites excluding steroid dienone is 4. The summed E-state index contributed by atoms with van der Waals surface area (Å²) in [7, 11) is 2.21. The molecule has 0 aliphatic heterocycles. The van der Waals surface area contributed by atoms with Crippen molar-refractivity contribution in [2.45, 2.75) is 12.2 Å². The molecule has 0 bridgehead atoms. The molecule has 1 aromatic carbocycles. The first kappa shape index (κ1) is 9.13. The zero-order chi connectivity index (χ0) is 9.80. The fraction of sp³-hybridized carbons (Fsp3) is 0.167. The lowest BCUT2D eigenvalue weighted by atomic mass is 9.57. The van der Waals surface area contributed by atoms with Gasteiger partial charge in [0.1, 0.15) is 5.75 Å². The molecule has 14 heavy (non-hydrogen) atoms. The maximum Gasteiger partial charge on any atom is 0.160 e. The average molecular weight is 183 g/mol. The molecular weight excluding hydrogens is 171 g/mol. The third-order valence-electron chi connectivity index (χ3n) is 2.31. The summed E-state index contributed by atoms with van der Waals surface area (Å²) in [5.74, 6) is 0.811. The first-order chi connectivity index (χ1) is 6.84. The number of phenolic OH excluding ortho intramolecular Hbond substituents is 1. The molecule has 1 unspecified atom stereocenters. The maximum atomic E-state index is 9.12. The highest BCUT2D eigenvalue weighted by Crippen LogP contribution is 2.16. The van der Waals surface area contributed by atoms with E-state index in [1.807, 2.05) is 12.1 Å². The Bertz CT molecular complexity index is 351. The van der Waals surface area contributed by atoms with Gasteiger partial charge < -0.3 is 5.11 Å². The molecule has 2 rings (SSSR count). The zero-order valence-electron chi connectivity index (χ0n) is 7.93. The van der Waals surface area contributed by atoms with Gasteiger partial charge in [0.05, 0.1) is 0 Å². The van der Waals surface area contributed by atoms with Crippen molar-refractivity contribution in [1.82, 2.24) is 0 Å². The van der Waals surface area contributed by atoms with E-state index in [1.54, 1.807) is 12.1 Å². The van der Waals surface area contributed by atoms with Crippen LogP contribution in [-0.4, -0.2) is 12.4 Å². The van der Waals surface area contributed by atoms with Gasteiger partial charge in [-0.25, -0.2) is 0 Å². The summed E-state index contributed by atoms with van der Waals surface area (Å²) < 4.78 is 0. The summed E-state index contributed by atoms with van der Waals surface area (Å²) >= 11 is 0. The predicted molar refractivity (Wildman–Crippen MR) is 60.1 cm³/mol. The Morgan fingerprint density at radius 1 is 1.14 bits per heavy atom. The Morgan fingerprint density at radius 3 is 2.57 bits per heavy atom. The van der Waals surface area contributed by atoms with Crippen molar-refractivity contribution in [2.75, 3.05) is 0 Å². The van der Waals surface area contributed by atoms with E-state index in [0.717, 1.165) is 11.9 Å². The molecule has 1 aliphatic carbocycles. The van der Waals surface area contributed by atoms with Gasteiger partial charge in [-0.3, -0.25) is 0 Å². The Balaban J connectivity index is 2.00. The van der Waals surface area contributed by atoms with Crippen LogP contribution in [0.3, 0.4) is 0 Å². The van der Waals surface area contributed by atoms with Crippen LogP contribution in [0.15, 0.2) is 48.6 Å². The summed E-state index contributed by atoms with van der Waals surface area (Å²) in [5.41, 5.74) is 1.16. The number of aromatic hydroxyl groups is 1. The van der Waals surface area contributed by atoms with Crippen molar-refractivity contribution >= 4 is 12.7 Å². The van der Waals surface area contributed by atoms with Gasteiger partial charge in [-0.15, -0.1) is 0 Å². The van der Waals surface area contributed by atoms with Crippen LogP contribution < -0.4 is 5.46 Å². The van der Waals surface area contributed by atoms with E-state index in [9.17, 15) is 0 Å². The van der Waals surface area contributed by atoms with Gasteiger partial charge in [0, 0.05) is 0 Å². The zero-order valence-corrected chi connectivity index (χ0v) is 7.93. The lowest BCUT2D eigenvalue weighted by Crippen LogP contribution is -2.18. The largest absolute Gasteiger partial charge is 0.508 e. The summed E-state index contributed by atoms with van der Waals surface area (Å²) in [6.45, 7) is 0. The van der Waals surface area contributed by atoms with E-state index < -0.39 is 0 Å². The smallest absolute Gasteiger partial charge is 0.160 e. The molecule has 0 aromatic heterocycles. The molecule has 0 saturated heterocycles. The first-order valence-electron chi connectivity index (χ1n) is 4.82. The molecule has 1 atom stereocenters. The molecule has 1 radical (unpaired) electrons. The van der Waals surface area contributed by atoms with Crippen LogP contribution >= 0.6 is 0 Å². The lowest BCUT2D eigenvalue weighted by molar-refractivity contribution is 0.475. The summed E-state index contributed by atoms with van der Waals surface area (Å²) in [5, 5.41) is 9.12. The van der Waals surface area contributed by atoms with Crippen LogP contribution in [-0.2, 0) is 0 Å². The number of hydrogen-bond donors (Lipinski definition) is 1. The van der Waals surface area contributed by atoms with Crippen LogP contribution in [0, 0.1) is 0 Å². The van der Waals surface area contributed by atoms with Crippen LogP contribution in [0.25, 0.3) is 0 Å². The Labute approximate surface area is 85.0 Å². The van der Waals surface area contributed by atoms with Crippen molar-refractivity contribution < 1.29 is 5.11 Å². The van der Waals surface area contributed by atoms with Crippen molar-refractivity contribution in [1.29, 1.82) is 0 Å². The molecule has 1 aliphatic rings. The highest BCUT2D eigenvalue weighted by Gasteiger charge is 2.07. The number of benzene rings is 1. The Kier molecular flexibility index (Phi) is 2.73. The van der Waals surface area contributed by atoms with Crippen molar-refractivity contribution in [3.63, 3.8) is 0 Å². The molecule has 0 saturated carbocycles. The molecule has 0 amide bonds. The third-order valence-corrected chi connectivity index (χ3v) is 2.31. The van der Waals surface area contributed by atoms with Crippen molar-refractivity contribution in [3.05, 3.63) is 48.6 Å². The van der Waals surface area contributed by atoms with E-state index in [4.69, 9.17) is 5.11 Å². The summed E-state index contributed by atoms with van der Waals surface area (Å²) in [6, 6.07) is 7.30. The Morgan fingerprint density at radius 2 is 1.93 bits per heavy atom. The van der Waals surface area contributed by atoms with Crippen LogP contribution in [0.5, 0.6) is 5.75 Å². The van der Waals surface area contributed by atoms with Gasteiger partial charge in [-0.1, -0.05) is 41.9 Å². The molecule has 1 aromatic rings. The minimum absolute atomic E-state index is 0.321. The number of rotatable bonds is 2. The molecule has 0 heterocycles. The predicted octanol–water partition coefficient (Wildman–Crippen LogP) is 2.03. The Hall–Kier alpha value is -1.44. The van der Waals surface area contributed by atoms with E-state index in [1.165, 1.54) is 0 Å². The van der Waals surface area contributed by atoms with E-state index in [2.05, 4.69) is 31.6 Å². The fourth-order valence-corrected chi connectivity index (χ4v) is 1.56. The molecule has 2 heteroatoms. The maximum absolute atomic E-state index is 9.12. The minimum Gasteiger partial charge on any atom is -0.508 e. The van der Waals surface area contributed by atoms with Gasteiger partial charge in [-0.05, 0) is 24.4 Å². The highest BCUT2D eigenvalue weighted by atomic mass is 16.3. The van der Waals surface area contributed by atoms with Gasteiger partial charge in [0.15, 0.2) is 7.28 Å². The second-order valence-electron chi connectivity index (χ2n) is 3.47. The van der Waals surface area contributed by atoms with E-state index in [-0.39, 0.29) is 0 Å². The van der Waals surface area contributed by atoms with Crippen LogP contribution in [0.2, 0.25) is 5.82 Å². The van der Waals surface area contributed by atoms with Gasteiger partial charge in [0.25, 0.3) is 0 Å². The average Bonchev–Trinajstić information content (AvgIpc) is 2.23. The van der Waals surface area contributed by atoms with Gasteiger partial charge in [-0.2, -0.15) is 0 Å². The molecular formula is C12H12BO. The fourth-order valence-electron chi connectivity index (χ4n) is 1.56. The summed E-state index contributed by atoms with van der Waals surface area (Å²) in [6.07, 6.45) is 9.57. The quantitative estimate of drug-likeness (QED) is 0.695. The first-order valence-corrected chi connectivity index (χ1v) is 4.82. The number of hydrogen-bond acceptors (Lipinski definition) is 1. The van der Waals surface area contributed by atoms with E-state index in [0.29, 0.717) is 11.6 Å². The molecule has 1 N–H and O–H groups in total. The van der Waals surface area contributed by atoms with Gasteiger partial charge >= 0.3 is 0 Å². The summed E-state index contributed by atoms with van der Waals surface area (Å²) in [4.78, 5) is 0. The lowest BCUT2D eigenvalue weighted by Gasteiger charge is -2.11. The molecule has 1 nitrogen and oxygen atoms in total. The minimum atomic E-state index is 0.321. The number of phenols is 1. The second kappa shape index (κ2) is 4.18. The second-order valence-corrected chi connectivity index (χ2v) is 3.47. The van der Waals surface area contributed by atoms with Crippen molar-refractivity contribution in [3.8, 4) is 5.75 Å². The molecule has 69 valence electrons.